The fourth-order valence-electron chi connectivity index (χ4n) is 1.68. The van der Waals surface area contributed by atoms with E-state index in [9.17, 15) is 22.8 Å². The van der Waals surface area contributed by atoms with E-state index in [1.807, 2.05) is 0 Å². The highest BCUT2D eigenvalue weighted by atomic mass is 19.4. The molecule has 0 amide bonds. The van der Waals surface area contributed by atoms with Crippen LogP contribution in [-0.4, -0.2) is 17.7 Å². The maximum atomic E-state index is 12.6. The Hall–Kier alpha value is -2.11. The number of halogens is 3. The molecule has 0 aromatic heterocycles. The summed E-state index contributed by atoms with van der Waals surface area (Å²) in [6, 6.07) is 5.29. The lowest BCUT2D eigenvalue weighted by Crippen LogP contribution is -2.33. The van der Waals surface area contributed by atoms with Gasteiger partial charge in [0.2, 0.25) is 11.6 Å². The van der Waals surface area contributed by atoms with Crippen LogP contribution in [0.4, 0.5) is 13.2 Å². The zero-order valence-corrected chi connectivity index (χ0v) is 8.34. The number of hydrogen-bond acceptors (Lipinski definition) is 3. The van der Waals surface area contributed by atoms with E-state index < -0.39 is 29.0 Å². The molecule has 1 aliphatic carbocycles. The number of benzene rings is 1. The van der Waals surface area contributed by atoms with Gasteiger partial charge in [0.05, 0.1) is 5.70 Å². The largest absolute Gasteiger partial charge is 0.422 e. The number of alkyl halides is 3. The van der Waals surface area contributed by atoms with Gasteiger partial charge in [-0.15, -0.1) is 0 Å². The van der Waals surface area contributed by atoms with Gasteiger partial charge in [0, 0.05) is 11.1 Å². The van der Waals surface area contributed by atoms with Crippen molar-refractivity contribution in [2.24, 2.45) is 5.73 Å². The van der Waals surface area contributed by atoms with Crippen LogP contribution in [0.2, 0.25) is 0 Å². The van der Waals surface area contributed by atoms with Crippen molar-refractivity contribution in [1.82, 2.24) is 0 Å². The fraction of sp³-hybridized carbons (Fsp3) is 0.167. The average molecular weight is 257 g/mol. The lowest BCUT2D eigenvalue weighted by molar-refractivity contribution is -0.0896. The van der Waals surface area contributed by atoms with Gasteiger partial charge < -0.3 is 5.73 Å². The number of rotatable bonds is 0. The molecule has 0 radical (unpaired) electrons. The summed E-state index contributed by atoms with van der Waals surface area (Å²) in [5.41, 5.74) is 2.12. The molecule has 0 heterocycles. The topological polar surface area (TPSA) is 60.2 Å². The molecule has 0 spiro atoms. The molecule has 0 unspecified atom stereocenters. The second-order valence-electron chi connectivity index (χ2n) is 3.49. The first-order chi connectivity index (χ1) is 7.84. The zero-order valence-electron chi connectivity index (χ0n) is 8.34. The van der Waals surface area contributed by atoms with E-state index in [0.29, 0.717) is 0 Å². The molecule has 0 fully saturated rings. The van der Waals surface area contributed by atoms with Crippen LogP contribution in [0.15, 0.2) is 35.5 Å². The summed E-state index contributed by atoms with van der Waals surface area (Å²) in [6.45, 7) is 0. The summed E-state index contributed by atoms with van der Waals surface area (Å²) in [5.74, 6) is -2.22. The first-order valence-electron chi connectivity index (χ1n) is 4.59. The second-order valence-corrected chi connectivity index (χ2v) is 3.49. The highest BCUT2D eigenvalue weighted by Crippen LogP contribution is 2.34. The quantitative estimate of drug-likeness (QED) is 0.776. The predicted octanol–water partition coefficient (Wildman–Crippen LogP) is 2.48. The van der Waals surface area contributed by atoms with Crippen LogP contribution in [0.25, 0.3) is 0 Å². The van der Waals surface area contributed by atoms with Gasteiger partial charge in [-0.2, -0.15) is 13.2 Å². The van der Waals surface area contributed by atoms with Gasteiger partial charge >= 0.3 is 6.18 Å². The number of Topliss-reactive ketones (excluding diaryl/α,β-unsaturated/α-hetero) is 2. The molecule has 1 aliphatic rings. The molecule has 3 nitrogen and oxygen atoms in total. The molecule has 6 heteroatoms. The number of hydrogen-bond donors (Lipinski definition) is 1. The van der Waals surface area contributed by atoms with Gasteiger partial charge in [-0.3, -0.25) is 9.59 Å². The van der Waals surface area contributed by atoms with Gasteiger partial charge in [-0.05, 0) is 0 Å². The number of allylic oxidation sites excluding steroid dienone is 2. The molecule has 18 heavy (non-hydrogen) atoms. The Morgan fingerprint density at radius 1 is 0.944 bits per heavy atom. The Bertz CT molecular complexity index is 559. The van der Waals surface area contributed by atoms with Crippen molar-refractivity contribution >= 4 is 11.6 Å². The SMILES string of the molecule is C.NC1=C(C(F)(F)F)C(=O)c2ccccc2C1=O. The summed E-state index contributed by atoms with van der Waals surface area (Å²) >= 11 is 0. The van der Waals surface area contributed by atoms with Gasteiger partial charge in [0.1, 0.15) is 5.57 Å². The standard InChI is InChI=1S/C11H6F3NO2.CH4/c12-11(13,14)7-8(15)10(17)6-4-2-1-3-5(6)9(7)16;/h1-4H,15H2;1H4. The van der Waals surface area contributed by atoms with E-state index in [-0.39, 0.29) is 18.6 Å². The van der Waals surface area contributed by atoms with Crippen molar-refractivity contribution < 1.29 is 22.8 Å². The molecule has 1 aromatic carbocycles. The number of carbonyl (C=O) groups excluding carboxylic acids is 2. The molecule has 0 aliphatic heterocycles. The minimum absolute atomic E-state index is 0. The minimum Gasteiger partial charge on any atom is -0.395 e. The van der Waals surface area contributed by atoms with Crippen molar-refractivity contribution in [3.8, 4) is 0 Å². The molecule has 0 saturated carbocycles. The highest BCUT2D eigenvalue weighted by Gasteiger charge is 2.46. The second kappa shape index (κ2) is 4.29. The predicted molar refractivity (Wildman–Crippen MR) is 59.1 cm³/mol. The Morgan fingerprint density at radius 2 is 1.39 bits per heavy atom. The van der Waals surface area contributed by atoms with Crippen LogP contribution >= 0.6 is 0 Å². The van der Waals surface area contributed by atoms with Gasteiger partial charge in [0.15, 0.2) is 0 Å². The monoisotopic (exact) mass is 257 g/mol. The van der Waals surface area contributed by atoms with E-state index in [0.717, 1.165) is 0 Å². The van der Waals surface area contributed by atoms with Crippen LogP contribution in [0.5, 0.6) is 0 Å². The molecule has 96 valence electrons. The lowest BCUT2D eigenvalue weighted by atomic mass is 9.87. The molecule has 2 rings (SSSR count). The van der Waals surface area contributed by atoms with Crippen LogP contribution in [0.1, 0.15) is 28.1 Å². The van der Waals surface area contributed by atoms with E-state index in [4.69, 9.17) is 5.73 Å². The van der Waals surface area contributed by atoms with Crippen LogP contribution in [0.3, 0.4) is 0 Å². The summed E-state index contributed by atoms with van der Waals surface area (Å²) in [6.07, 6.45) is -4.93. The Kier molecular flexibility index (Phi) is 3.32. The zero-order chi connectivity index (χ0) is 12.8. The molecule has 1 aromatic rings. The Labute approximate surface area is 101 Å². The molecule has 0 bridgehead atoms. The summed E-state index contributed by atoms with van der Waals surface area (Å²) in [5, 5.41) is 0. The van der Waals surface area contributed by atoms with Crippen molar-refractivity contribution in [2.45, 2.75) is 13.6 Å². The molecule has 2 N–H and O–H groups in total. The minimum atomic E-state index is -4.93. The smallest absolute Gasteiger partial charge is 0.395 e. The first kappa shape index (κ1) is 14.0. The van der Waals surface area contributed by atoms with Gasteiger partial charge in [-0.1, -0.05) is 31.7 Å². The maximum absolute atomic E-state index is 12.6. The van der Waals surface area contributed by atoms with Crippen molar-refractivity contribution in [1.29, 1.82) is 0 Å². The average Bonchev–Trinajstić information content (AvgIpc) is 2.24. The third kappa shape index (κ3) is 1.90. The lowest BCUT2D eigenvalue weighted by Gasteiger charge is -2.19. The first-order valence-corrected chi connectivity index (χ1v) is 4.59. The van der Waals surface area contributed by atoms with Crippen LogP contribution in [0, 0.1) is 0 Å². The van der Waals surface area contributed by atoms with Gasteiger partial charge in [0.25, 0.3) is 0 Å². The number of nitrogens with two attached hydrogens (primary N) is 1. The summed E-state index contributed by atoms with van der Waals surface area (Å²) < 4.78 is 37.8. The molecule has 0 saturated heterocycles. The van der Waals surface area contributed by atoms with E-state index in [1.54, 1.807) is 0 Å². The Morgan fingerprint density at radius 3 is 1.83 bits per heavy atom. The Balaban J connectivity index is 0.00000162. The third-order valence-electron chi connectivity index (χ3n) is 2.44. The third-order valence-corrected chi connectivity index (χ3v) is 2.44. The van der Waals surface area contributed by atoms with Crippen molar-refractivity contribution in [2.75, 3.05) is 0 Å². The molecular formula is C12H10F3NO2. The van der Waals surface area contributed by atoms with Gasteiger partial charge in [-0.25, -0.2) is 0 Å². The number of fused-ring (bicyclic) bond motifs is 1. The summed E-state index contributed by atoms with van der Waals surface area (Å²) in [4.78, 5) is 23.2. The van der Waals surface area contributed by atoms with Crippen molar-refractivity contribution in [3.05, 3.63) is 46.7 Å². The molecule has 0 atom stereocenters. The fourth-order valence-corrected chi connectivity index (χ4v) is 1.68. The van der Waals surface area contributed by atoms with Crippen molar-refractivity contribution in [3.63, 3.8) is 0 Å². The normalized spacial score (nSPS) is 15.3. The molecular weight excluding hydrogens is 247 g/mol. The number of carbonyl (C=O) groups is 2. The number of ketones is 2. The highest BCUT2D eigenvalue weighted by molar-refractivity contribution is 6.27. The van der Waals surface area contributed by atoms with Crippen LogP contribution < -0.4 is 5.73 Å². The van der Waals surface area contributed by atoms with E-state index >= 15 is 0 Å². The van der Waals surface area contributed by atoms with E-state index in [2.05, 4.69) is 0 Å². The van der Waals surface area contributed by atoms with E-state index in [1.165, 1.54) is 24.3 Å². The maximum Gasteiger partial charge on any atom is 0.422 e. The van der Waals surface area contributed by atoms with Crippen LogP contribution in [-0.2, 0) is 0 Å². The summed E-state index contributed by atoms with van der Waals surface area (Å²) in [7, 11) is 0.